The van der Waals surface area contributed by atoms with Crippen LogP contribution in [0.15, 0.2) is 72.8 Å². The molecule has 0 aromatic heterocycles. The van der Waals surface area contributed by atoms with Crippen LogP contribution in [0.25, 0.3) is 0 Å². The van der Waals surface area contributed by atoms with Crippen LogP contribution in [0.5, 0.6) is 0 Å². The van der Waals surface area contributed by atoms with E-state index >= 15 is 0 Å². The van der Waals surface area contributed by atoms with Crippen molar-refractivity contribution in [2.45, 2.75) is 12.8 Å². The van der Waals surface area contributed by atoms with Gasteiger partial charge in [0, 0.05) is 12.0 Å². The summed E-state index contributed by atoms with van der Waals surface area (Å²) in [5.74, 6) is -1.60. The summed E-state index contributed by atoms with van der Waals surface area (Å²) < 4.78 is 26.6. The molecule has 1 amide bonds. The molecule has 3 nitrogen and oxygen atoms in total. The van der Waals surface area contributed by atoms with Gasteiger partial charge in [0.15, 0.2) is 5.78 Å². The van der Waals surface area contributed by atoms with Gasteiger partial charge in [-0.15, -0.1) is 0 Å². The highest BCUT2D eigenvalue weighted by atomic mass is 19.1. The number of benzene rings is 3. The highest BCUT2D eigenvalue weighted by molar-refractivity contribution is 6.05. The zero-order valence-electron chi connectivity index (χ0n) is 14.4. The Bertz CT molecular complexity index is 954. The molecule has 0 bridgehead atoms. The van der Waals surface area contributed by atoms with Gasteiger partial charge in [-0.05, 0) is 41.5 Å². The van der Waals surface area contributed by atoms with E-state index in [0.717, 1.165) is 11.6 Å². The lowest BCUT2D eigenvalue weighted by Crippen LogP contribution is -2.17. The summed E-state index contributed by atoms with van der Waals surface area (Å²) in [6.45, 7) is 0. The zero-order valence-corrected chi connectivity index (χ0v) is 14.4. The van der Waals surface area contributed by atoms with E-state index in [2.05, 4.69) is 5.32 Å². The Morgan fingerprint density at radius 1 is 0.741 bits per heavy atom. The molecule has 27 heavy (non-hydrogen) atoms. The number of hydrogen-bond donors (Lipinski definition) is 1. The molecule has 5 heteroatoms. The molecule has 0 radical (unpaired) electrons. The van der Waals surface area contributed by atoms with Gasteiger partial charge in [0.05, 0.1) is 12.1 Å². The minimum atomic E-state index is -0.553. The summed E-state index contributed by atoms with van der Waals surface area (Å²) in [7, 11) is 0. The Morgan fingerprint density at radius 3 is 2.07 bits per heavy atom. The summed E-state index contributed by atoms with van der Waals surface area (Å²) in [6, 6.07) is 18.4. The predicted octanol–water partition coefficient (Wildman–Crippen LogP) is 4.57. The van der Waals surface area contributed by atoms with Crippen LogP contribution in [0.4, 0.5) is 14.5 Å². The molecule has 0 saturated carbocycles. The average molecular weight is 365 g/mol. The highest BCUT2D eigenvalue weighted by Crippen LogP contribution is 2.20. The smallest absolute Gasteiger partial charge is 0.228 e. The van der Waals surface area contributed by atoms with Gasteiger partial charge in [-0.25, -0.2) is 8.78 Å². The maximum absolute atomic E-state index is 13.7. The molecule has 0 fully saturated rings. The summed E-state index contributed by atoms with van der Waals surface area (Å²) >= 11 is 0. The van der Waals surface area contributed by atoms with E-state index < -0.39 is 5.82 Å². The molecule has 0 atom stereocenters. The van der Waals surface area contributed by atoms with Crippen molar-refractivity contribution in [3.8, 4) is 0 Å². The second kappa shape index (κ2) is 8.36. The molecule has 3 aromatic rings. The first kappa shape index (κ1) is 18.5. The van der Waals surface area contributed by atoms with E-state index in [9.17, 15) is 18.4 Å². The number of nitrogens with one attached hydrogen (secondary N) is 1. The van der Waals surface area contributed by atoms with Crippen molar-refractivity contribution in [1.29, 1.82) is 0 Å². The maximum Gasteiger partial charge on any atom is 0.228 e. The van der Waals surface area contributed by atoms with Crippen molar-refractivity contribution in [3.05, 3.63) is 101 Å². The summed E-state index contributed by atoms with van der Waals surface area (Å²) in [5, 5.41) is 2.65. The fourth-order valence-corrected chi connectivity index (χ4v) is 2.71. The van der Waals surface area contributed by atoms with Gasteiger partial charge in [0.2, 0.25) is 5.91 Å². The van der Waals surface area contributed by atoms with Crippen LogP contribution in [0.1, 0.15) is 21.5 Å². The van der Waals surface area contributed by atoms with Crippen molar-refractivity contribution in [2.24, 2.45) is 0 Å². The second-order valence-electron chi connectivity index (χ2n) is 6.13. The fourth-order valence-electron chi connectivity index (χ4n) is 2.71. The lowest BCUT2D eigenvalue weighted by molar-refractivity contribution is -0.115. The molecule has 3 aromatic carbocycles. The van der Waals surface area contributed by atoms with Crippen LogP contribution in [0.2, 0.25) is 0 Å². The van der Waals surface area contributed by atoms with E-state index in [1.807, 2.05) is 30.3 Å². The average Bonchev–Trinajstić information content (AvgIpc) is 2.66. The van der Waals surface area contributed by atoms with Gasteiger partial charge in [-0.3, -0.25) is 9.59 Å². The molecular weight excluding hydrogens is 348 g/mol. The minimum Gasteiger partial charge on any atom is -0.325 e. The van der Waals surface area contributed by atoms with E-state index in [1.165, 1.54) is 36.4 Å². The molecule has 0 aliphatic rings. The maximum atomic E-state index is 13.7. The van der Waals surface area contributed by atoms with Crippen LogP contribution in [0.3, 0.4) is 0 Å². The first-order valence-corrected chi connectivity index (χ1v) is 8.42. The van der Waals surface area contributed by atoms with Gasteiger partial charge in [0.25, 0.3) is 0 Å². The van der Waals surface area contributed by atoms with E-state index in [-0.39, 0.29) is 41.6 Å². The normalized spacial score (nSPS) is 10.4. The Hall–Kier alpha value is -3.34. The van der Waals surface area contributed by atoms with Crippen molar-refractivity contribution in [2.75, 3.05) is 5.32 Å². The van der Waals surface area contributed by atoms with E-state index in [1.54, 1.807) is 0 Å². The third-order valence-electron chi connectivity index (χ3n) is 4.04. The Labute approximate surface area is 155 Å². The Kier molecular flexibility index (Phi) is 5.71. The van der Waals surface area contributed by atoms with Crippen molar-refractivity contribution < 1.29 is 18.4 Å². The summed E-state index contributed by atoms with van der Waals surface area (Å²) in [5.41, 5.74) is 1.80. The van der Waals surface area contributed by atoms with Crippen LogP contribution >= 0.6 is 0 Å². The van der Waals surface area contributed by atoms with Crippen LogP contribution < -0.4 is 5.32 Å². The Balaban J connectivity index is 1.76. The third-order valence-corrected chi connectivity index (χ3v) is 4.04. The molecule has 1 N–H and O–H groups in total. The first-order chi connectivity index (χ1) is 13.0. The van der Waals surface area contributed by atoms with Crippen LogP contribution in [0, 0.1) is 11.6 Å². The SMILES string of the molecule is O=C(Cc1ccc(F)cc1)Nc1ccc(F)cc1C(=O)Cc1ccccc1. The number of rotatable bonds is 6. The number of Topliss-reactive ketones (excluding diaryl/α,β-unsaturated/α-hetero) is 1. The van der Waals surface area contributed by atoms with Gasteiger partial charge in [0.1, 0.15) is 11.6 Å². The molecule has 0 unspecified atom stereocenters. The number of halogens is 2. The zero-order chi connectivity index (χ0) is 19.2. The Morgan fingerprint density at radius 2 is 1.37 bits per heavy atom. The number of carbonyl (C=O) groups excluding carboxylic acids is 2. The number of carbonyl (C=O) groups is 2. The fraction of sp³-hybridized carbons (Fsp3) is 0.0909. The molecular formula is C22H17F2NO2. The van der Waals surface area contributed by atoms with Crippen molar-refractivity contribution in [3.63, 3.8) is 0 Å². The number of ketones is 1. The molecule has 136 valence electrons. The summed E-state index contributed by atoms with van der Waals surface area (Å²) in [6.07, 6.45) is 0.120. The standard InChI is InChI=1S/C22H17F2NO2/c23-17-8-6-16(7-9-17)13-22(27)25-20-11-10-18(24)14-19(20)21(26)12-15-4-2-1-3-5-15/h1-11,14H,12-13H2,(H,25,27). The van der Waals surface area contributed by atoms with E-state index in [4.69, 9.17) is 0 Å². The van der Waals surface area contributed by atoms with Gasteiger partial charge in [-0.2, -0.15) is 0 Å². The minimum absolute atomic E-state index is 0.0178. The second-order valence-corrected chi connectivity index (χ2v) is 6.13. The van der Waals surface area contributed by atoms with E-state index in [0.29, 0.717) is 5.56 Å². The topological polar surface area (TPSA) is 46.2 Å². The van der Waals surface area contributed by atoms with Gasteiger partial charge >= 0.3 is 0 Å². The number of hydrogen-bond acceptors (Lipinski definition) is 2. The molecule has 3 rings (SSSR count). The molecule has 0 spiro atoms. The molecule has 0 heterocycles. The monoisotopic (exact) mass is 365 g/mol. The van der Waals surface area contributed by atoms with Gasteiger partial charge < -0.3 is 5.32 Å². The first-order valence-electron chi connectivity index (χ1n) is 8.42. The predicted molar refractivity (Wildman–Crippen MR) is 99.6 cm³/mol. The van der Waals surface area contributed by atoms with Crippen molar-refractivity contribution >= 4 is 17.4 Å². The third kappa shape index (κ3) is 5.07. The lowest BCUT2D eigenvalue weighted by Gasteiger charge is -2.11. The quantitative estimate of drug-likeness (QED) is 0.651. The molecule has 0 aliphatic carbocycles. The number of anilines is 1. The highest BCUT2D eigenvalue weighted by Gasteiger charge is 2.15. The largest absolute Gasteiger partial charge is 0.325 e. The lowest BCUT2D eigenvalue weighted by atomic mass is 10.0. The summed E-state index contributed by atoms with van der Waals surface area (Å²) in [4.78, 5) is 24.9. The van der Waals surface area contributed by atoms with Gasteiger partial charge in [-0.1, -0.05) is 42.5 Å². The molecule has 0 saturated heterocycles. The van der Waals surface area contributed by atoms with Crippen molar-refractivity contribution in [1.82, 2.24) is 0 Å². The van der Waals surface area contributed by atoms with Crippen LogP contribution in [-0.2, 0) is 17.6 Å². The molecule has 0 aliphatic heterocycles. The number of amides is 1. The van der Waals surface area contributed by atoms with Crippen LogP contribution in [-0.4, -0.2) is 11.7 Å².